The summed E-state index contributed by atoms with van der Waals surface area (Å²) in [6.07, 6.45) is -2.43. The zero-order chi connectivity index (χ0) is 10.6. The van der Waals surface area contributed by atoms with Gasteiger partial charge in [-0.2, -0.15) is 0 Å². The van der Waals surface area contributed by atoms with Gasteiger partial charge in [0.25, 0.3) is 6.43 Å². The lowest BCUT2D eigenvalue weighted by atomic mass is 10.1. The molecule has 0 unspecified atom stereocenters. The monoisotopic (exact) mass is 201 g/mol. The smallest absolute Gasteiger partial charge is 0.263 e. The van der Waals surface area contributed by atoms with Gasteiger partial charge in [0, 0.05) is 12.7 Å². The zero-order valence-corrected chi connectivity index (χ0v) is 7.91. The van der Waals surface area contributed by atoms with E-state index in [1.54, 1.807) is 19.2 Å². The highest BCUT2D eigenvalue weighted by Crippen LogP contribution is 2.20. The van der Waals surface area contributed by atoms with E-state index >= 15 is 0 Å². The Morgan fingerprint density at radius 2 is 1.71 bits per heavy atom. The number of alkyl halides is 2. The van der Waals surface area contributed by atoms with Crippen LogP contribution in [0.2, 0.25) is 0 Å². The molecule has 0 amide bonds. The first kappa shape index (κ1) is 11.1. The molecule has 0 aliphatic rings. The number of hydrogen-bond acceptors (Lipinski definition) is 2. The number of halogens is 2. The van der Waals surface area contributed by atoms with E-state index in [1.165, 1.54) is 12.1 Å². The van der Waals surface area contributed by atoms with Crippen LogP contribution in [0.4, 0.5) is 8.78 Å². The molecular weight excluding hydrogens is 188 g/mol. The van der Waals surface area contributed by atoms with E-state index < -0.39 is 6.43 Å². The van der Waals surface area contributed by atoms with Crippen molar-refractivity contribution in [2.24, 2.45) is 5.73 Å². The molecule has 0 aromatic heterocycles. The molecule has 2 nitrogen and oxygen atoms in total. The summed E-state index contributed by atoms with van der Waals surface area (Å²) in [4.78, 5) is 0. The fraction of sp³-hybridized carbons (Fsp3) is 0.400. The summed E-state index contributed by atoms with van der Waals surface area (Å²) in [5.74, 6) is 0. The quantitative estimate of drug-likeness (QED) is 0.811. The van der Waals surface area contributed by atoms with Gasteiger partial charge in [0.2, 0.25) is 0 Å². The molecule has 0 bridgehead atoms. The number of rotatable bonds is 4. The van der Waals surface area contributed by atoms with Crippen LogP contribution in [-0.4, -0.2) is 13.7 Å². The first-order valence-corrected chi connectivity index (χ1v) is 4.27. The highest BCUT2D eigenvalue weighted by molar-refractivity contribution is 5.25. The number of ether oxygens (including phenoxy) is 1. The van der Waals surface area contributed by atoms with Crippen molar-refractivity contribution >= 4 is 0 Å². The Labute approximate surface area is 81.7 Å². The third-order valence-electron chi connectivity index (χ3n) is 1.96. The summed E-state index contributed by atoms with van der Waals surface area (Å²) < 4.78 is 29.2. The van der Waals surface area contributed by atoms with Gasteiger partial charge in [-0.05, 0) is 5.56 Å². The van der Waals surface area contributed by atoms with Gasteiger partial charge in [-0.3, -0.25) is 0 Å². The van der Waals surface area contributed by atoms with Crippen molar-refractivity contribution in [3.63, 3.8) is 0 Å². The number of hydrogen-bond donors (Lipinski definition) is 1. The highest BCUT2D eigenvalue weighted by atomic mass is 19.3. The lowest BCUT2D eigenvalue weighted by molar-refractivity contribution is 0.151. The molecule has 1 atom stereocenters. The Morgan fingerprint density at radius 1 is 1.21 bits per heavy atom. The Hall–Kier alpha value is -1.00. The molecule has 1 rings (SSSR count). The lowest BCUT2D eigenvalue weighted by Crippen LogP contribution is -2.15. The van der Waals surface area contributed by atoms with E-state index in [0.29, 0.717) is 6.61 Å². The summed E-state index contributed by atoms with van der Waals surface area (Å²) >= 11 is 0. The molecule has 0 saturated heterocycles. The van der Waals surface area contributed by atoms with Crippen LogP contribution in [0.5, 0.6) is 0 Å². The van der Waals surface area contributed by atoms with Crippen molar-refractivity contribution < 1.29 is 13.5 Å². The summed E-state index contributed by atoms with van der Waals surface area (Å²) in [5, 5.41) is 0. The molecule has 0 heterocycles. The van der Waals surface area contributed by atoms with Gasteiger partial charge in [-0.15, -0.1) is 0 Å². The molecule has 2 N–H and O–H groups in total. The summed E-state index contributed by atoms with van der Waals surface area (Å²) in [5.41, 5.74) is 6.53. The average Bonchev–Trinajstić information content (AvgIpc) is 2.18. The van der Waals surface area contributed by atoms with Gasteiger partial charge in [0.05, 0.1) is 12.6 Å². The van der Waals surface area contributed by atoms with Crippen molar-refractivity contribution in [1.29, 1.82) is 0 Å². The molecule has 1 aromatic rings. The first-order valence-electron chi connectivity index (χ1n) is 4.27. The minimum Gasteiger partial charge on any atom is -0.383 e. The third kappa shape index (κ3) is 2.75. The number of methoxy groups -OCH3 is 1. The van der Waals surface area contributed by atoms with E-state index in [1.807, 2.05) is 0 Å². The third-order valence-corrected chi connectivity index (χ3v) is 1.96. The maximum absolute atomic E-state index is 12.2. The zero-order valence-electron chi connectivity index (χ0n) is 7.91. The summed E-state index contributed by atoms with van der Waals surface area (Å²) in [6, 6.07) is 5.72. The highest BCUT2D eigenvalue weighted by Gasteiger charge is 2.08. The molecule has 78 valence electrons. The van der Waals surface area contributed by atoms with Crippen molar-refractivity contribution in [2.45, 2.75) is 12.5 Å². The average molecular weight is 201 g/mol. The molecule has 0 fully saturated rings. The minimum absolute atomic E-state index is 0.0124. The van der Waals surface area contributed by atoms with Crippen molar-refractivity contribution in [2.75, 3.05) is 13.7 Å². The SMILES string of the molecule is COC[C@@H](N)c1ccc(C(F)F)cc1. The second-order valence-electron chi connectivity index (χ2n) is 3.03. The molecular formula is C10H13F2NO. The maximum Gasteiger partial charge on any atom is 0.263 e. The fourth-order valence-electron chi connectivity index (χ4n) is 1.16. The second-order valence-corrected chi connectivity index (χ2v) is 3.03. The van der Waals surface area contributed by atoms with Crippen LogP contribution >= 0.6 is 0 Å². The Balaban J connectivity index is 2.72. The van der Waals surface area contributed by atoms with Gasteiger partial charge in [0.15, 0.2) is 0 Å². The lowest BCUT2D eigenvalue weighted by Gasteiger charge is -2.11. The molecule has 1 aromatic carbocycles. The van der Waals surface area contributed by atoms with Crippen LogP contribution < -0.4 is 5.73 Å². The van der Waals surface area contributed by atoms with Crippen LogP contribution in [-0.2, 0) is 4.74 Å². The maximum atomic E-state index is 12.2. The molecule has 0 aliphatic heterocycles. The van der Waals surface area contributed by atoms with E-state index in [0.717, 1.165) is 5.56 Å². The van der Waals surface area contributed by atoms with Crippen LogP contribution in [0.25, 0.3) is 0 Å². The first-order chi connectivity index (χ1) is 6.65. The van der Waals surface area contributed by atoms with E-state index in [-0.39, 0.29) is 11.6 Å². The van der Waals surface area contributed by atoms with Crippen LogP contribution in [0.15, 0.2) is 24.3 Å². The summed E-state index contributed by atoms with van der Waals surface area (Å²) in [7, 11) is 1.55. The van der Waals surface area contributed by atoms with Crippen LogP contribution in [0.3, 0.4) is 0 Å². The standard InChI is InChI=1S/C10H13F2NO/c1-14-6-9(13)7-2-4-8(5-3-7)10(11)12/h2-5,9-10H,6,13H2,1H3/t9-/m1/s1. The molecule has 0 spiro atoms. The van der Waals surface area contributed by atoms with Gasteiger partial charge in [0.1, 0.15) is 0 Å². The van der Waals surface area contributed by atoms with Crippen LogP contribution in [0, 0.1) is 0 Å². The number of nitrogens with two attached hydrogens (primary N) is 1. The molecule has 0 aliphatic carbocycles. The molecule has 0 radical (unpaired) electrons. The Morgan fingerprint density at radius 3 is 2.14 bits per heavy atom. The second kappa shape index (κ2) is 5.02. The van der Waals surface area contributed by atoms with E-state index in [9.17, 15) is 8.78 Å². The Bertz CT molecular complexity index is 274. The predicted octanol–water partition coefficient (Wildman–Crippen LogP) is 2.27. The normalized spacial score (nSPS) is 13.2. The summed E-state index contributed by atoms with van der Waals surface area (Å²) in [6.45, 7) is 0.383. The molecule has 4 heteroatoms. The topological polar surface area (TPSA) is 35.2 Å². The molecule has 14 heavy (non-hydrogen) atoms. The minimum atomic E-state index is -2.43. The molecule has 0 saturated carbocycles. The van der Waals surface area contributed by atoms with Gasteiger partial charge in [-0.1, -0.05) is 24.3 Å². The largest absolute Gasteiger partial charge is 0.383 e. The van der Waals surface area contributed by atoms with Gasteiger partial charge in [-0.25, -0.2) is 8.78 Å². The van der Waals surface area contributed by atoms with Crippen molar-refractivity contribution in [1.82, 2.24) is 0 Å². The number of benzene rings is 1. The van der Waals surface area contributed by atoms with Crippen molar-refractivity contribution in [3.8, 4) is 0 Å². The fourth-order valence-corrected chi connectivity index (χ4v) is 1.16. The van der Waals surface area contributed by atoms with E-state index in [4.69, 9.17) is 10.5 Å². The van der Waals surface area contributed by atoms with Crippen LogP contribution in [0.1, 0.15) is 23.6 Å². The van der Waals surface area contributed by atoms with Gasteiger partial charge < -0.3 is 10.5 Å². The van der Waals surface area contributed by atoms with Gasteiger partial charge >= 0.3 is 0 Å². The van der Waals surface area contributed by atoms with Crippen molar-refractivity contribution in [3.05, 3.63) is 35.4 Å². The van der Waals surface area contributed by atoms with E-state index in [2.05, 4.69) is 0 Å². The predicted molar refractivity (Wildman–Crippen MR) is 50.2 cm³/mol. The Kier molecular flexibility index (Phi) is 3.98.